The number of piperidine rings is 1. The van der Waals surface area contributed by atoms with E-state index in [-0.39, 0.29) is 5.91 Å². The predicted octanol–water partition coefficient (Wildman–Crippen LogP) is 5.10. The molecule has 0 radical (unpaired) electrons. The fourth-order valence-corrected chi connectivity index (χ4v) is 5.22. The second-order valence-electron chi connectivity index (χ2n) is 7.75. The minimum absolute atomic E-state index is 0.130. The molecule has 4 aromatic rings. The van der Waals surface area contributed by atoms with Crippen LogP contribution in [0.3, 0.4) is 0 Å². The summed E-state index contributed by atoms with van der Waals surface area (Å²) < 4.78 is 0. The number of para-hydroxylation sites is 1. The summed E-state index contributed by atoms with van der Waals surface area (Å²) in [6, 6.07) is 9.82. The first-order chi connectivity index (χ1) is 14.6. The summed E-state index contributed by atoms with van der Waals surface area (Å²) in [5, 5.41) is 5.02. The largest absolute Gasteiger partial charge is 0.356 e. The molecule has 1 amide bonds. The third-order valence-corrected chi connectivity index (χ3v) is 6.78. The zero-order chi connectivity index (χ0) is 20.7. The SMILES string of the molecule is Cc1nc(N2CCCCC2)c2c(C)c(C(=O)Nc3cnc4ccccc4c3)sc2n1. The molecule has 0 saturated carbocycles. The molecule has 1 aliphatic heterocycles. The Hall–Kier alpha value is -3.06. The van der Waals surface area contributed by atoms with Crippen molar-refractivity contribution in [3.8, 4) is 0 Å². The molecule has 4 heterocycles. The molecule has 1 saturated heterocycles. The molecular formula is C23H23N5OS. The van der Waals surface area contributed by atoms with Gasteiger partial charge >= 0.3 is 0 Å². The van der Waals surface area contributed by atoms with Crippen molar-refractivity contribution in [1.82, 2.24) is 15.0 Å². The number of hydrogen-bond donors (Lipinski definition) is 1. The number of anilines is 2. The van der Waals surface area contributed by atoms with Crippen molar-refractivity contribution in [2.75, 3.05) is 23.3 Å². The van der Waals surface area contributed by atoms with Crippen molar-refractivity contribution in [2.45, 2.75) is 33.1 Å². The van der Waals surface area contributed by atoms with E-state index < -0.39 is 0 Å². The number of amides is 1. The van der Waals surface area contributed by atoms with Crippen molar-refractivity contribution >= 4 is 49.9 Å². The summed E-state index contributed by atoms with van der Waals surface area (Å²) >= 11 is 1.44. The van der Waals surface area contributed by atoms with Gasteiger partial charge in [-0.2, -0.15) is 0 Å². The third-order valence-electron chi connectivity index (χ3n) is 5.59. The van der Waals surface area contributed by atoms with E-state index in [1.165, 1.54) is 30.6 Å². The second kappa shape index (κ2) is 7.65. The van der Waals surface area contributed by atoms with E-state index in [1.54, 1.807) is 6.20 Å². The number of aromatic nitrogens is 3. The molecular weight excluding hydrogens is 394 g/mol. The lowest BCUT2D eigenvalue weighted by atomic mass is 10.1. The Balaban J connectivity index is 1.51. The van der Waals surface area contributed by atoms with E-state index in [2.05, 4.69) is 20.2 Å². The smallest absolute Gasteiger partial charge is 0.266 e. The highest BCUT2D eigenvalue weighted by molar-refractivity contribution is 7.20. The maximum absolute atomic E-state index is 13.1. The van der Waals surface area contributed by atoms with E-state index in [9.17, 15) is 4.79 Å². The van der Waals surface area contributed by atoms with Crippen LogP contribution in [-0.4, -0.2) is 33.9 Å². The lowest BCUT2D eigenvalue weighted by molar-refractivity contribution is 0.103. The van der Waals surface area contributed by atoms with Crippen LogP contribution in [0, 0.1) is 13.8 Å². The summed E-state index contributed by atoms with van der Waals surface area (Å²) in [6.07, 6.45) is 5.32. The highest BCUT2D eigenvalue weighted by atomic mass is 32.1. The summed E-state index contributed by atoms with van der Waals surface area (Å²) in [5.74, 6) is 1.59. The molecule has 6 nitrogen and oxygen atoms in total. The topological polar surface area (TPSA) is 71.0 Å². The molecule has 0 bridgehead atoms. The van der Waals surface area contributed by atoms with Crippen molar-refractivity contribution in [3.63, 3.8) is 0 Å². The average molecular weight is 418 g/mol. The van der Waals surface area contributed by atoms with Gasteiger partial charge < -0.3 is 10.2 Å². The molecule has 1 N–H and O–H groups in total. The number of nitrogens with one attached hydrogen (secondary N) is 1. The van der Waals surface area contributed by atoms with Gasteiger partial charge in [-0.3, -0.25) is 9.78 Å². The van der Waals surface area contributed by atoms with Crippen LogP contribution in [-0.2, 0) is 0 Å². The van der Waals surface area contributed by atoms with Crippen molar-refractivity contribution in [2.24, 2.45) is 0 Å². The van der Waals surface area contributed by atoms with Gasteiger partial charge in [0, 0.05) is 18.5 Å². The van der Waals surface area contributed by atoms with Gasteiger partial charge in [0.25, 0.3) is 5.91 Å². The summed E-state index contributed by atoms with van der Waals surface area (Å²) in [4.78, 5) is 30.8. The van der Waals surface area contributed by atoms with Gasteiger partial charge in [0.05, 0.1) is 27.7 Å². The Kier molecular flexibility index (Phi) is 4.83. The lowest BCUT2D eigenvalue weighted by Crippen LogP contribution is -2.30. The van der Waals surface area contributed by atoms with Crippen molar-refractivity contribution < 1.29 is 4.79 Å². The normalized spacial score (nSPS) is 14.4. The quantitative estimate of drug-likeness (QED) is 0.502. The molecule has 3 aromatic heterocycles. The van der Waals surface area contributed by atoms with Crippen LogP contribution in [0.2, 0.25) is 0 Å². The summed E-state index contributed by atoms with van der Waals surface area (Å²) in [6.45, 7) is 5.93. The van der Waals surface area contributed by atoms with Crippen LogP contribution in [0.4, 0.5) is 11.5 Å². The molecule has 0 spiro atoms. The predicted molar refractivity (Wildman–Crippen MR) is 123 cm³/mol. The first kappa shape index (κ1) is 18.9. The minimum Gasteiger partial charge on any atom is -0.356 e. The first-order valence-electron chi connectivity index (χ1n) is 10.3. The van der Waals surface area contributed by atoms with Gasteiger partial charge in [-0.05, 0) is 50.8 Å². The number of aryl methyl sites for hydroxylation is 2. The lowest BCUT2D eigenvalue weighted by Gasteiger charge is -2.28. The minimum atomic E-state index is -0.130. The molecule has 5 rings (SSSR count). The van der Waals surface area contributed by atoms with Gasteiger partial charge in [0.1, 0.15) is 16.5 Å². The average Bonchev–Trinajstić information content (AvgIpc) is 3.10. The van der Waals surface area contributed by atoms with Crippen molar-refractivity contribution in [1.29, 1.82) is 0 Å². The van der Waals surface area contributed by atoms with Crippen molar-refractivity contribution in [3.05, 3.63) is 52.8 Å². The zero-order valence-corrected chi connectivity index (χ0v) is 17.9. The Bertz CT molecular complexity index is 1260. The van der Waals surface area contributed by atoms with Crippen LogP contribution >= 0.6 is 11.3 Å². The van der Waals surface area contributed by atoms with E-state index in [4.69, 9.17) is 4.98 Å². The number of pyridine rings is 1. The summed E-state index contributed by atoms with van der Waals surface area (Å²) in [5.41, 5.74) is 2.54. The van der Waals surface area contributed by atoms with Gasteiger partial charge in [-0.1, -0.05) is 18.2 Å². The molecule has 0 atom stereocenters. The van der Waals surface area contributed by atoms with Crippen LogP contribution in [0.15, 0.2) is 36.5 Å². The fraction of sp³-hybridized carbons (Fsp3) is 0.304. The van der Waals surface area contributed by atoms with Gasteiger partial charge in [-0.25, -0.2) is 9.97 Å². The molecule has 152 valence electrons. The van der Waals surface area contributed by atoms with Crippen LogP contribution in [0.5, 0.6) is 0 Å². The first-order valence-corrected chi connectivity index (χ1v) is 11.1. The number of hydrogen-bond acceptors (Lipinski definition) is 6. The van der Waals surface area contributed by atoms with Gasteiger partial charge in [0.15, 0.2) is 0 Å². The molecule has 30 heavy (non-hydrogen) atoms. The number of nitrogens with zero attached hydrogens (tertiary/aromatic N) is 4. The highest BCUT2D eigenvalue weighted by Crippen LogP contribution is 2.36. The van der Waals surface area contributed by atoms with Gasteiger partial charge in [-0.15, -0.1) is 11.3 Å². The second-order valence-corrected chi connectivity index (χ2v) is 8.75. The highest BCUT2D eigenvalue weighted by Gasteiger charge is 2.23. The fourth-order valence-electron chi connectivity index (χ4n) is 4.10. The van der Waals surface area contributed by atoms with E-state index in [0.29, 0.717) is 10.6 Å². The molecule has 0 aliphatic carbocycles. The maximum Gasteiger partial charge on any atom is 0.266 e. The Morgan fingerprint density at radius 3 is 2.73 bits per heavy atom. The van der Waals surface area contributed by atoms with Crippen LogP contribution in [0.1, 0.15) is 40.3 Å². The van der Waals surface area contributed by atoms with E-state index >= 15 is 0 Å². The number of rotatable bonds is 3. The Morgan fingerprint density at radius 1 is 1.10 bits per heavy atom. The van der Waals surface area contributed by atoms with E-state index in [1.807, 2.05) is 44.2 Å². The number of benzene rings is 1. The standard InChI is InChI=1S/C23H23N5OS/c1-14-19-21(28-10-6-3-7-11-28)25-15(2)26-23(19)30-20(14)22(29)27-17-12-16-8-4-5-9-18(16)24-13-17/h4-5,8-9,12-13H,3,6-7,10-11H2,1-2H3,(H,27,29). The Labute approximate surface area is 179 Å². The number of fused-ring (bicyclic) bond motifs is 2. The van der Waals surface area contributed by atoms with E-state index in [0.717, 1.165) is 51.4 Å². The molecule has 1 aromatic carbocycles. The Morgan fingerprint density at radius 2 is 1.90 bits per heavy atom. The number of thiophene rings is 1. The maximum atomic E-state index is 13.1. The number of carbonyl (C=O) groups excluding carboxylic acids is 1. The molecule has 1 fully saturated rings. The molecule has 7 heteroatoms. The van der Waals surface area contributed by atoms with Crippen LogP contribution in [0.25, 0.3) is 21.1 Å². The molecule has 1 aliphatic rings. The summed E-state index contributed by atoms with van der Waals surface area (Å²) in [7, 11) is 0. The zero-order valence-electron chi connectivity index (χ0n) is 17.1. The monoisotopic (exact) mass is 417 g/mol. The third kappa shape index (κ3) is 3.39. The number of carbonyl (C=O) groups is 1. The van der Waals surface area contributed by atoms with Gasteiger partial charge in [0.2, 0.25) is 0 Å². The molecule has 0 unspecified atom stereocenters. The van der Waals surface area contributed by atoms with Crippen LogP contribution < -0.4 is 10.2 Å².